The Morgan fingerprint density at radius 1 is 0.950 bits per heavy atom. The maximum Gasteiger partial charge on any atom is 0.139 e. The van der Waals surface area contributed by atoms with Gasteiger partial charge in [-0.15, -0.1) is 0 Å². The number of hydrogen-bond acceptors (Lipinski definition) is 5. The molecule has 106 valence electrons. The summed E-state index contributed by atoms with van der Waals surface area (Å²) in [6.45, 7) is 3.89. The second-order valence-electron chi connectivity index (χ2n) is 4.91. The highest BCUT2D eigenvalue weighted by atomic mass is 15.1. The number of benzene rings is 1. The van der Waals surface area contributed by atoms with Crippen LogP contribution in [0.3, 0.4) is 0 Å². The van der Waals surface area contributed by atoms with Crippen molar-refractivity contribution in [3.05, 3.63) is 35.7 Å². The van der Waals surface area contributed by atoms with E-state index in [1.54, 1.807) is 0 Å². The topological polar surface area (TPSA) is 53.1 Å². The molecule has 1 aromatic carbocycles. The van der Waals surface area contributed by atoms with Crippen LogP contribution in [0.2, 0.25) is 0 Å². The van der Waals surface area contributed by atoms with Crippen LogP contribution in [0.15, 0.2) is 24.3 Å². The predicted octanol–water partition coefficient (Wildman–Crippen LogP) is 2.94. The summed E-state index contributed by atoms with van der Waals surface area (Å²) in [6, 6.07) is 8.24. The molecule has 0 aliphatic rings. The third kappa shape index (κ3) is 2.99. The van der Waals surface area contributed by atoms with Crippen LogP contribution in [0.25, 0.3) is 0 Å². The molecule has 0 saturated heterocycles. The molecule has 0 bridgehead atoms. The van der Waals surface area contributed by atoms with Crippen LogP contribution in [0, 0.1) is 13.8 Å². The number of aromatic nitrogens is 2. The first kappa shape index (κ1) is 14.1. The first-order valence-electron chi connectivity index (χ1n) is 6.58. The predicted molar refractivity (Wildman–Crippen MR) is 85.1 cm³/mol. The fourth-order valence-corrected chi connectivity index (χ4v) is 1.97. The van der Waals surface area contributed by atoms with Gasteiger partial charge in [0.05, 0.1) is 0 Å². The van der Waals surface area contributed by atoms with Crippen LogP contribution in [0.5, 0.6) is 0 Å². The largest absolute Gasteiger partial charge is 0.378 e. The highest BCUT2D eigenvalue weighted by Gasteiger charge is 2.08. The zero-order chi connectivity index (χ0) is 14.7. The molecule has 0 fully saturated rings. The van der Waals surface area contributed by atoms with E-state index in [1.165, 1.54) is 5.69 Å². The molecular formula is C15H21N5. The summed E-state index contributed by atoms with van der Waals surface area (Å²) < 4.78 is 0. The van der Waals surface area contributed by atoms with Gasteiger partial charge >= 0.3 is 0 Å². The van der Waals surface area contributed by atoms with Crippen LogP contribution < -0.4 is 15.5 Å². The van der Waals surface area contributed by atoms with Crippen LogP contribution >= 0.6 is 0 Å². The average Bonchev–Trinajstić information content (AvgIpc) is 2.43. The minimum Gasteiger partial charge on any atom is -0.378 e. The van der Waals surface area contributed by atoms with Crippen molar-refractivity contribution in [1.29, 1.82) is 0 Å². The standard InChI is InChI=1S/C15H21N5/c1-10-14(16-3)17-11(2)18-15(10)19-12-6-8-13(9-7-12)20(4)5/h6-9H,1-5H3,(H2,16,17,18,19). The van der Waals surface area contributed by atoms with Crippen LogP contribution in [-0.2, 0) is 0 Å². The second kappa shape index (κ2) is 5.77. The van der Waals surface area contributed by atoms with Crippen molar-refractivity contribution < 1.29 is 0 Å². The zero-order valence-electron chi connectivity index (χ0n) is 12.7. The maximum absolute atomic E-state index is 4.46. The summed E-state index contributed by atoms with van der Waals surface area (Å²) in [5.41, 5.74) is 3.19. The Hall–Kier alpha value is -2.30. The van der Waals surface area contributed by atoms with Crippen molar-refractivity contribution in [3.63, 3.8) is 0 Å². The Kier molecular flexibility index (Phi) is 4.08. The average molecular weight is 271 g/mol. The van der Waals surface area contributed by atoms with Gasteiger partial charge in [0.25, 0.3) is 0 Å². The lowest BCUT2D eigenvalue weighted by molar-refractivity contribution is 1.03. The van der Waals surface area contributed by atoms with Gasteiger partial charge in [-0.2, -0.15) is 0 Å². The van der Waals surface area contributed by atoms with E-state index in [-0.39, 0.29) is 0 Å². The zero-order valence-corrected chi connectivity index (χ0v) is 12.7. The fourth-order valence-electron chi connectivity index (χ4n) is 1.97. The van der Waals surface area contributed by atoms with Gasteiger partial charge in [-0.25, -0.2) is 9.97 Å². The number of aryl methyl sites for hydroxylation is 1. The molecule has 0 radical (unpaired) electrons. The van der Waals surface area contributed by atoms with Gasteiger partial charge in [-0.3, -0.25) is 0 Å². The molecule has 0 aliphatic carbocycles. The normalized spacial score (nSPS) is 10.2. The van der Waals surface area contributed by atoms with Crippen molar-refractivity contribution in [2.24, 2.45) is 0 Å². The molecule has 0 saturated carbocycles. The van der Waals surface area contributed by atoms with Gasteiger partial charge in [0.1, 0.15) is 17.5 Å². The molecule has 20 heavy (non-hydrogen) atoms. The molecule has 1 aromatic heterocycles. The first-order valence-corrected chi connectivity index (χ1v) is 6.58. The van der Waals surface area contributed by atoms with Crippen LogP contribution in [-0.4, -0.2) is 31.1 Å². The third-order valence-corrected chi connectivity index (χ3v) is 3.14. The Balaban J connectivity index is 2.27. The number of nitrogens with one attached hydrogen (secondary N) is 2. The summed E-state index contributed by atoms with van der Waals surface area (Å²) in [5.74, 6) is 2.43. The van der Waals surface area contributed by atoms with E-state index in [0.717, 1.165) is 28.7 Å². The fraction of sp³-hybridized carbons (Fsp3) is 0.333. The second-order valence-corrected chi connectivity index (χ2v) is 4.91. The molecular weight excluding hydrogens is 250 g/mol. The molecule has 1 heterocycles. The number of hydrogen-bond donors (Lipinski definition) is 2. The Morgan fingerprint density at radius 2 is 1.55 bits per heavy atom. The van der Waals surface area contributed by atoms with Gasteiger partial charge < -0.3 is 15.5 Å². The lowest BCUT2D eigenvalue weighted by atomic mass is 10.2. The highest BCUT2D eigenvalue weighted by Crippen LogP contribution is 2.24. The summed E-state index contributed by atoms with van der Waals surface area (Å²) >= 11 is 0. The summed E-state index contributed by atoms with van der Waals surface area (Å²) in [4.78, 5) is 10.9. The molecule has 0 spiro atoms. The van der Waals surface area contributed by atoms with Gasteiger partial charge in [-0.05, 0) is 38.1 Å². The van der Waals surface area contributed by atoms with Gasteiger partial charge in [0.2, 0.25) is 0 Å². The van der Waals surface area contributed by atoms with E-state index in [1.807, 2.05) is 47.1 Å². The monoisotopic (exact) mass is 271 g/mol. The van der Waals surface area contributed by atoms with Crippen molar-refractivity contribution >= 4 is 23.0 Å². The highest BCUT2D eigenvalue weighted by molar-refractivity contribution is 5.66. The summed E-state index contributed by atoms with van der Waals surface area (Å²) in [7, 11) is 5.92. The van der Waals surface area contributed by atoms with Gasteiger partial charge in [0.15, 0.2) is 0 Å². The Morgan fingerprint density at radius 3 is 2.10 bits per heavy atom. The van der Waals surface area contributed by atoms with E-state index in [4.69, 9.17) is 0 Å². The van der Waals surface area contributed by atoms with Crippen molar-refractivity contribution in [2.75, 3.05) is 36.7 Å². The molecule has 5 nitrogen and oxygen atoms in total. The lowest BCUT2D eigenvalue weighted by Gasteiger charge is -2.15. The van der Waals surface area contributed by atoms with E-state index in [2.05, 4.69) is 37.6 Å². The smallest absolute Gasteiger partial charge is 0.139 e. The number of rotatable bonds is 4. The van der Waals surface area contributed by atoms with Crippen LogP contribution in [0.1, 0.15) is 11.4 Å². The van der Waals surface area contributed by atoms with Crippen LogP contribution in [0.4, 0.5) is 23.0 Å². The SMILES string of the molecule is CNc1nc(C)nc(Nc2ccc(N(C)C)cc2)c1C. The molecule has 0 atom stereocenters. The lowest BCUT2D eigenvalue weighted by Crippen LogP contribution is -2.08. The molecule has 2 N–H and O–H groups in total. The molecule has 2 aromatic rings. The molecule has 0 unspecified atom stereocenters. The van der Waals surface area contributed by atoms with E-state index in [9.17, 15) is 0 Å². The molecule has 5 heteroatoms. The quantitative estimate of drug-likeness (QED) is 0.895. The van der Waals surface area contributed by atoms with E-state index in [0.29, 0.717) is 0 Å². The number of nitrogens with zero attached hydrogens (tertiary/aromatic N) is 3. The minimum absolute atomic E-state index is 0.743. The van der Waals surface area contributed by atoms with Crippen molar-refractivity contribution in [1.82, 2.24) is 9.97 Å². The van der Waals surface area contributed by atoms with Gasteiger partial charge in [0, 0.05) is 38.1 Å². The molecule has 2 rings (SSSR count). The Labute approximate surface area is 120 Å². The molecule has 0 aliphatic heterocycles. The van der Waals surface area contributed by atoms with Crippen molar-refractivity contribution in [3.8, 4) is 0 Å². The molecule has 0 amide bonds. The first-order chi connectivity index (χ1) is 9.51. The van der Waals surface area contributed by atoms with Crippen molar-refractivity contribution in [2.45, 2.75) is 13.8 Å². The summed E-state index contributed by atoms with van der Waals surface area (Å²) in [5, 5.41) is 6.43. The van der Waals surface area contributed by atoms with E-state index < -0.39 is 0 Å². The van der Waals surface area contributed by atoms with E-state index >= 15 is 0 Å². The third-order valence-electron chi connectivity index (χ3n) is 3.14. The minimum atomic E-state index is 0.743. The Bertz CT molecular complexity index is 590. The number of anilines is 4. The summed E-state index contributed by atoms with van der Waals surface area (Å²) in [6.07, 6.45) is 0. The van der Waals surface area contributed by atoms with Gasteiger partial charge in [-0.1, -0.05) is 0 Å². The maximum atomic E-state index is 4.46.